The number of halogens is 2. The Kier molecular flexibility index (Phi) is 8.42. The lowest BCUT2D eigenvalue weighted by Crippen LogP contribution is -2.37. The summed E-state index contributed by atoms with van der Waals surface area (Å²) in [6, 6.07) is 14.1. The van der Waals surface area contributed by atoms with Crippen LogP contribution in [0.5, 0.6) is 0 Å². The number of aromatic carboxylic acids is 1. The number of hydrogen-bond acceptors (Lipinski definition) is 7. The van der Waals surface area contributed by atoms with E-state index in [4.69, 9.17) is 32.8 Å². The van der Waals surface area contributed by atoms with Gasteiger partial charge in [-0.2, -0.15) is 4.98 Å². The number of likely N-dealkylation sites (tertiary alicyclic amines) is 1. The van der Waals surface area contributed by atoms with Gasteiger partial charge in [-0.05, 0) is 61.2 Å². The second kappa shape index (κ2) is 12.0. The second-order valence-corrected chi connectivity index (χ2v) is 11.4. The number of rotatable bonds is 8. The van der Waals surface area contributed by atoms with Gasteiger partial charge >= 0.3 is 11.7 Å². The summed E-state index contributed by atoms with van der Waals surface area (Å²) >= 11 is 13.6. The Bertz CT molecular complexity index is 1530. The van der Waals surface area contributed by atoms with Crippen molar-refractivity contribution in [1.29, 1.82) is 0 Å². The van der Waals surface area contributed by atoms with Gasteiger partial charge in [-0.3, -0.25) is 9.47 Å². The molecule has 0 saturated carbocycles. The van der Waals surface area contributed by atoms with Gasteiger partial charge in [-0.1, -0.05) is 52.3 Å². The number of piperidine rings is 1. The Morgan fingerprint density at radius 1 is 1.10 bits per heavy atom. The number of carboxylic acid groups (broad SMARTS) is 1. The molecule has 202 valence electrons. The molecular formula is C28H26Cl2N4O4S. The Morgan fingerprint density at radius 2 is 1.79 bits per heavy atom. The van der Waals surface area contributed by atoms with E-state index >= 15 is 0 Å². The molecule has 1 N–H and O–H groups in total. The zero-order valence-electron chi connectivity index (χ0n) is 21.1. The highest BCUT2D eigenvalue weighted by Gasteiger charge is 2.23. The molecule has 4 aromatic rings. The van der Waals surface area contributed by atoms with Crippen molar-refractivity contribution in [2.24, 2.45) is 0 Å². The maximum atomic E-state index is 12.9. The molecule has 0 spiro atoms. The number of thioether (sulfide) groups is 1. The van der Waals surface area contributed by atoms with Crippen molar-refractivity contribution in [3.05, 3.63) is 97.7 Å². The summed E-state index contributed by atoms with van der Waals surface area (Å²) < 4.78 is 7.24. The van der Waals surface area contributed by atoms with Crippen LogP contribution in [-0.2, 0) is 12.3 Å². The van der Waals surface area contributed by atoms with E-state index in [1.807, 2.05) is 31.3 Å². The molecule has 1 aliphatic heterocycles. The first-order valence-corrected chi connectivity index (χ1v) is 14.2. The molecule has 1 aliphatic rings. The van der Waals surface area contributed by atoms with Crippen LogP contribution in [0.15, 0.2) is 69.1 Å². The van der Waals surface area contributed by atoms with E-state index in [1.54, 1.807) is 34.9 Å². The number of carboxylic acids is 1. The Hall–Kier alpha value is -3.11. The van der Waals surface area contributed by atoms with Gasteiger partial charge in [0.15, 0.2) is 0 Å². The maximum absolute atomic E-state index is 12.9. The first-order valence-electron chi connectivity index (χ1n) is 12.4. The van der Waals surface area contributed by atoms with Crippen molar-refractivity contribution in [3.63, 3.8) is 0 Å². The molecule has 0 aliphatic carbocycles. The summed E-state index contributed by atoms with van der Waals surface area (Å²) in [5.41, 5.74) is 3.45. The summed E-state index contributed by atoms with van der Waals surface area (Å²) in [5, 5.41) is 14.9. The van der Waals surface area contributed by atoms with Crippen LogP contribution >= 0.6 is 35.0 Å². The molecule has 5 rings (SSSR count). The van der Waals surface area contributed by atoms with Crippen molar-refractivity contribution in [3.8, 4) is 11.3 Å². The standard InChI is InChI=1S/C28H26Cl2N4O4S/c1-17-14-34(23-6-8-33(9-7-23)15-18-2-4-19(5-3-18)27(35)36)28(37)31-26(17)39-16-24-13-25(32-38-24)20-10-21(29)12-22(30)11-20/h2-5,10-14,23H,6-9,15-16H2,1H3,(H,35,36). The molecule has 2 aromatic carbocycles. The van der Waals surface area contributed by atoms with Crippen molar-refractivity contribution >= 4 is 40.9 Å². The Labute approximate surface area is 239 Å². The summed E-state index contributed by atoms with van der Waals surface area (Å²) in [4.78, 5) is 30.7. The third kappa shape index (κ3) is 6.73. The van der Waals surface area contributed by atoms with E-state index in [9.17, 15) is 9.59 Å². The van der Waals surface area contributed by atoms with Crippen LogP contribution in [-0.4, -0.2) is 43.8 Å². The van der Waals surface area contributed by atoms with Crippen molar-refractivity contribution in [2.45, 2.75) is 43.1 Å². The molecule has 2 aromatic heterocycles. The number of aromatic nitrogens is 3. The molecule has 1 saturated heterocycles. The molecule has 0 amide bonds. The minimum atomic E-state index is -0.923. The third-order valence-corrected chi connectivity index (χ3v) is 8.27. The van der Waals surface area contributed by atoms with E-state index in [2.05, 4.69) is 15.0 Å². The molecule has 8 nitrogen and oxygen atoms in total. The normalized spacial score (nSPS) is 14.5. The molecule has 3 heterocycles. The fourth-order valence-corrected chi connectivity index (χ4v) is 6.05. The first-order chi connectivity index (χ1) is 18.7. The Balaban J connectivity index is 1.18. The predicted molar refractivity (Wildman–Crippen MR) is 152 cm³/mol. The van der Waals surface area contributed by atoms with E-state index in [0.717, 1.165) is 49.2 Å². The number of hydrogen-bond donors (Lipinski definition) is 1. The maximum Gasteiger partial charge on any atom is 0.348 e. The lowest BCUT2D eigenvalue weighted by molar-refractivity contribution is 0.0697. The predicted octanol–water partition coefficient (Wildman–Crippen LogP) is 6.34. The molecule has 0 atom stereocenters. The quantitative estimate of drug-likeness (QED) is 0.189. The van der Waals surface area contributed by atoms with Crippen LogP contribution in [0.4, 0.5) is 0 Å². The smallest absolute Gasteiger partial charge is 0.348 e. The number of nitrogens with zero attached hydrogens (tertiary/aromatic N) is 4. The molecule has 11 heteroatoms. The third-order valence-electron chi connectivity index (χ3n) is 6.71. The SMILES string of the molecule is Cc1cn(C2CCN(Cc3ccc(C(=O)O)cc3)CC2)c(=O)nc1SCc1cc(-c2cc(Cl)cc(Cl)c2)no1. The molecule has 1 fully saturated rings. The van der Waals surface area contributed by atoms with Crippen LogP contribution in [0.3, 0.4) is 0 Å². The van der Waals surface area contributed by atoms with E-state index < -0.39 is 5.97 Å². The van der Waals surface area contributed by atoms with E-state index in [1.165, 1.54) is 11.8 Å². The van der Waals surface area contributed by atoms with Crippen LogP contribution in [0.1, 0.15) is 46.1 Å². The minimum Gasteiger partial charge on any atom is -0.478 e. The number of aryl methyl sites for hydroxylation is 1. The van der Waals surface area contributed by atoms with Crippen LogP contribution in [0, 0.1) is 6.92 Å². The molecule has 0 bridgehead atoms. The Morgan fingerprint density at radius 3 is 2.46 bits per heavy atom. The van der Waals surface area contributed by atoms with Crippen molar-refractivity contribution < 1.29 is 14.4 Å². The zero-order valence-corrected chi connectivity index (χ0v) is 23.5. The first kappa shape index (κ1) is 27.5. The molecular weight excluding hydrogens is 559 g/mol. The van der Waals surface area contributed by atoms with Crippen LogP contribution in [0.2, 0.25) is 10.0 Å². The van der Waals surface area contributed by atoms with Gasteiger partial charge in [-0.25, -0.2) is 9.59 Å². The fourth-order valence-electron chi connectivity index (χ4n) is 4.68. The topological polar surface area (TPSA) is 101 Å². The summed E-state index contributed by atoms with van der Waals surface area (Å²) in [7, 11) is 0. The zero-order chi connectivity index (χ0) is 27.5. The van der Waals surface area contributed by atoms with Gasteiger partial charge < -0.3 is 9.63 Å². The van der Waals surface area contributed by atoms with E-state index in [-0.39, 0.29) is 17.3 Å². The molecule has 0 unspecified atom stereocenters. The molecule has 39 heavy (non-hydrogen) atoms. The highest BCUT2D eigenvalue weighted by molar-refractivity contribution is 7.98. The average molecular weight is 586 g/mol. The summed E-state index contributed by atoms with van der Waals surface area (Å²) in [6.07, 6.45) is 3.59. The van der Waals surface area contributed by atoms with Gasteiger partial charge in [0.2, 0.25) is 0 Å². The second-order valence-electron chi connectivity index (χ2n) is 9.55. The van der Waals surface area contributed by atoms with E-state index in [0.29, 0.717) is 32.3 Å². The summed E-state index contributed by atoms with van der Waals surface area (Å²) in [5.74, 6) is 0.207. The number of carbonyl (C=O) groups is 1. The van der Waals surface area contributed by atoms with Crippen LogP contribution < -0.4 is 5.69 Å². The summed E-state index contributed by atoms with van der Waals surface area (Å²) in [6.45, 7) is 4.40. The lowest BCUT2D eigenvalue weighted by atomic mass is 10.0. The van der Waals surface area contributed by atoms with Crippen molar-refractivity contribution in [2.75, 3.05) is 13.1 Å². The van der Waals surface area contributed by atoms with Gasteiger partial charge in [0.25, 0.3) is 0 Å². The minimum absolute atomic E-state index is 0.0924. The largest absolute Gasteiger partial charge is 0.478 e. The van der Waals surface area contributed by atoms with Gasteiger partial charge in [-0.15, -0.1) is 0 Å². The highest BCUT2D eigenvalue weighted by atomic mass is 35.5. The fraction of sp³-hybridized carbons (Fsp3) is 0.286. The number of benzene rings is 2. The van der Waals surface area contributed by atoms with Crippen molar-refractivity contribution in [1.82, 2.24) is 19.6 Å². The lowest BCUT2D eigenvalue weighted by Gasteiger charge is -2.33. The van der Waals surface area contributed by atoms with Crippen LogP contribution in [0.25, 0.3) is 11.3 Å². The van der Waals surface area contributed by atoms with Gasteiger partial charge in [0.1, 0.15) is 16.5 Å². The van der Waals surface area contributed by atoms with Gasteiger partial charge in [0, 0.05) is 53.5 Å². The van der Waals surface area contributed by atoms with Gasteiger partial charge in [0.05, 0.1) is 11.3 Å². The molecule has 0 radical (unpaired) electrons. The average Bonchev–Trinajstić information content (AvgIpc) is 3.38. The highest BCUT2D eigenvalue weighted by Crippen LogP contribution is 2.30. The monoisotopic (exact) mass is 584 g/mol.